The van der Waals surface area contributed by atoms with Gasteiger partial charge in [-0.15, -0.1) is 0 Å². The molecule has 2 aliphatic rings. The summed E-state index contributed by atoms with van der Waals surface area (Å²) >= 11 is 0. The zero-order valence-electron chi connectivity index (χ0n) is 12.4. The maximum Gasteiger partial charge on any atom is 0.240 e. The monoisotopic (exact) mass is 287 g/mol. The summed E-state index contributed by atoms with van der Waals surface area (Å²) in [4.78, 5) is 26.6. The molecule has 0 unspecified atom stereocenters. The number of carbonyl (C=O) groups is 2. The maximum absolute atomic E-state index is 12.8. The molecule has 1 spiro atoms. The molecule has 2 amide bonds. The van der Waals surface area contributed by atoms with Crippen LogP contribution in [0.15, 0.2) is 24.3 Å². The van der Waals surface area contributed by atoms with E-state index in [4.69, 9.17) is 4.74 Å². The summed E-state index contributed by atoms with van der Waals surface area (Å²) < 4.78 is 5.01. The molecule has 112 valence electrons. The number of likely N-dealkylation sites (tertiary alicyclic amines) is 1. The molecule has 1 aromatic carbocycles. The van der Waals surface area contributed by atoms with E-state index in [1.165, 1.54) is 10.5 Å². The number of amides is 2. The fourth-order valence-corrected chi connectivity index (χ4v) is 3.64. The highest BCUT2D eigenvalue weighted by molar-refractivity contribution is 6.09. The van der Waals surface area contributed by atoms with Crippen LogP contribution < -0.4 is 0 Å². The second-order valence-corrected chi connectivity index (χ2v) is 5.97. The van der Waals surface area contributed by atoms with Gasteiger partial charge in [0.25, 0.3) is 0 Å². The van der Waals surface area contributed by atoms with Crippen LogP contribution in [-0.4, -0.2) is 37.0 Å². The van der Waals surface area contributed by atoms with Gasteiger partial charge in [0, 0.05) is 26.7 Å². The highest BCUT2D eigenvalue weighted by Crippen LogP contribution is 2.46. The number of ether oxygens (including phenoxy) is 1. The lowest BCUT2D eigenvalue weighted by atomic mass is 9.80. The molecule has 1 aliphatic carbocycles. The number of methoxy groups -OCH3 is 1. The molecule has 1 aromatic rings. The summed E-state index contributed by atoms with van der Waals surface area (Å²) in [5, 5.41) is 0. The van der Waals surface area contributed by atoms with Gasteiger partial charge in [0.2, 0.25) is 11.8 Å². The van der Waals surface area contributed by atoms with Crippen molar-refractivity contribution in [3.05, 3.63) is 35.4 Å². The number of imide groups is 1. The Balaban J connectivity index is 1.78. The second-order valence-electron chi connectivity index (χ2n) is 5.97. The quantitative estimate of drug-likeness (QED) is 0.615. The lowest BCUT2D eigenvalue weighted by Gasteiger charge is -2.22. The first-order valence-corrected chi connectivity index (χ1v) is 7.61. The summed E-state index contributed by atoms with van der Waals surface area (Å²) in [6, 6.07) is 8.05. The molecule has 0 N–H and O–H groups in total. The Morgan fingerprint density at radius 3 is 2.86 bits per heavy atom. The van der Waals surface area contributed by atoms with Crippen molar-refractivity contribution >= 4 is 11.8 Å². The highest BCUT2D eigenvalue weighted by Gasteiger charge is 2.54. The van der Waals surface area contributed by atoms with E-state index in [9.17, 15) is 9.59 Å². The molecule has 1 atom stereocenters. The predicted molar refractivity (Wildman–Crippen MR) is 78.9 cm³/mol. The van der Waals surface area contributed by atoms with Gasteiger partial charge in [-0.1, -0.05) is 24.3 Å². The molecule has 1 fully saturated rings. The molecule has 0 saturated carbocycles. The van der Waals surface area contributed by atoms with Crippen molar-refractivity contribution in [2.75, 3.05) is 20.3 Å². The van der Waals surface area contributed by atoms with Crippen LogP contribution in [0.1, 0.15) is 36.8 Å². The van der Waals surface area contributed by atoms with Crippen molar-refractivity contribution in [3.63, 3.8) is 0 Å². The number of fused-ring (bicyclic) bond motifs is 2. The lowest BCUT2D eigenvalue weighted by molar-refractivity contribution is -0.140. The predicted octanol–water partition coefficient (Wildman–Crippen LogP) is 2.06. The highest BCUT2D eigenvalue weighted by atomic mass is 16.5. The number of unbranched alkanes of at least 4 members (excludes halogenated alkanes) is 1. The number of benzene rings is 1. The summed E-state index contributed by atoms with van der Waals surface area (Å²) in [5.41, 5.74) is 1.72. The van der Waals surface area contributed by atoms with Crippen molar-refractivity contribution in [1.29, 1.82) is 0 Å². The van der Waals surface area contributed by atoms with Crippen molar-refractivity contribution in [2.45, 2.75) is 37.5 Å². The van der Waals surface area contributed by atoms with E-state index in [0.29, 0.717) is 19.6 Å². The topological polar surface area (TPSA) is 46.6 Å². The molecule has 4 heteroatoms. The Labute approximate surface area is 125 Å². The minimum absolute atomic E-state index is 0.00914. The standard InChI is InChI=1S/C17H21NO3/c1-21-11-5-4-10-18-15(19)12-17(16(18)20)9-8-13-6-2-3-7-14(13)17/h2-3,6-7H,4-5,8-12H2,1H3/t17-/m1/s1. The van der Waals surface area contributed by atoms with E-state index >= 15 is 0 Å². The van der Waals surface area contributed by atoms with Crippen molar-refractivity contribution < 1.29 is 14.3 Å². The van der Waals surface area contributed by atoms with E-state index in [-0.39, 0.29) is 11.8 Å². The fourth-order valence-electron chi connectivity index (χ4n) is 3.64. The Hall–Kier alpha value is -1.68. The van der Waals surface area contributed by atoms with E-state index in [2.05, 4.69) is 6.07 Å². The van der Waals surface area contributed by atoms with E-state index in [1.807, 2.05) is 18.2 Å². The number of carbonyl (C=O) groups excluding carboxylic acids is 2. The van der Waals surface area contributed by atoms with Gasteiger partial charge >= 0.3 is 0 Å². The average Bonchev–Trinajstić information content (AvgIpc) is 2.97. The van der Waals surface area contributed by atoms with Crippen LogP contribution in [0.3, 0.4) is 0 Å². The molecule has 0 radical (unpaired) electrons. The Bertz CT molecular complexity index is 569. The van der Waals surface area contributed by atoms with E-state index in [1.54, 1.807) is 7.11 Å². The second kappa shape index (κ2) is 5.60. The summed E-state index contributed by atoms with van der Waals surface area (Å²) in [7, 11) is 1.66. The van der Waals surface area contributed by atoms with Crippen molar-refractivity contribution in [1.82, 2.24) is 4.90 Å². The first kappa shape index (κ1) is 14.3. The van der Waals surface area contributed by atoms with Crippen LogP contribution in [0.4, 0.5) is 0 Å². The van der Waals surface area contributed by atoms with Crippen LogP contribution in [0.2, 0.25) is 0 Å². The number of nitrogens with zero attached hydrogens (tertiary/aromatic N) is 1. The minimum atomic E-state index is -0.574. The zero-order valence-corrected chi connectivity index (χ0v) is 12.4. The molecule has 0 aromatic heterocycles. The Morgan fingerprint density at radius 1 is 1.24 bits per heavy atom. The molecule has 1 saturated heterocycles. The summed E-state index contributed by atoms with van der Waals surface area (Å²) in [6.07, 6.45) is 3.69. The summed E-state index contributed by atoms with van der Waals surface area (Å²) in [5.74, 6) is -0.0102. The van der Waals surface area contributed by atoms with Gasteiger partial charge in [-0.25, -0.2) is 0 Å². The Morgan fingerprint density at radius 2 is 2.05 bits per heavy atom. The normalized spacial score (nSPS) is 24.1. The van der Waals surface area contributed by atoms with Gasteiger partial charge in [0.05, 0.1) is 5.41 Å². The first-order chi connectivity index (χ1) is 10.2. The third-order valence-corrected chi connectivity index (χ3v) is 4.74. The molecule has 1 heterocycles. The molecular weight excluding hydrogens is 266 g/mol. The number of rotatable bonds is 5. The van der Waals surface area contributed by atoms with Gasteiger partial charge in [0.15, 0.2) is 0 Å². The average molecular weight is 287 g/mol. The minimum Gasteiger partial charge on any atom is -0.385 e. The Kier molecular flexibility index (Phi) is 3.81. The SMILES string of the molecule is COCCCCN1C(=O)C[C@@]2(CCc3ccccc32)C1=O. The molecular formula is C17H21NO3. The van der Waals surface area contributed by atoms with Gasteiger partial charge in [-0.05, 0) is 36.8 Å². The molecule has 3 rings (SSSR count). The number of hydrogen-bond donors (Lipinski definition) is 0. The van der Waals surface area contributed by atoms with Crippen LogP contribution >= 0.6 is 0 Å². The fraction of sp³-hybridized carbons (Fsp3) is 0.529. The molecule has 0 bridgehead atoms. The number of hydrogen-bond acceptors (Lipinski definition) is 3. The summed E-state index contributed by atoms with van der Waals surface area (Å²) in [6.45, 7) is 1.19. The molecule has 21 heavy (non-hydrogen) atoms. The third-order valence-electron chi connectivity index (χ3n) is 4.74. The van der Waals surface area contributed by atoms with Crippen molar-refractivity contribution in [2.24, 2.45) is 0 Å². The van der Waals surface area contributed by atoms with Gasteiger partial charge in [-0.2, -0.15) is 0 Å². The molecule has 1 aliphatic heterocycles. The van der Waals surface area contributed by atoms with Gasteiger partial charge in [0.1, 0.15) is 0 Å². The molecule has 4 nitrogen and oxygen atoms in total. The van der Waals surface area contributed by atoms with Crippen LogP contribution in [0.25, 0.3) is 0 Å². The maximum atomic E-state index is 12.8. The van der Waals surface area contributed by atoms with Gasteiger partial charge < -0.3 is 4.74 Å². The first-order valence-electron chi connectivity index (χ1n) is 7.61. The van der Waals surface area contributed by atoms with Crippen LogP contribution in [0, 0.1) is 0 Å². The smallest absolute Gasteiger partial charge is 0.240 e. The third kappa shape index (κ3) is 2.27. The van der Waals surface area contributed by atoms with Crippen LogP contribution in [0.5, 0.6) is 0 Å². The van der Waals surface area contributed by atoms with Crippen LogP contribution in [-0.2, 0) is 26.2 Å². The van der Waals surface area contributed by atoms with Gasteiger partial charge in [-0.3, -0.25) is 14.5 Å². The van der Waals surface area contributed by atoms with E-state index < -0.39 is 5.41 Å². The largest absolute Gasteiger partial charge is 0.385 e. The van der Waals surface area contributed by atoms with E-state index in [0.717, 1.165) is 31.2 Å². The van der Waals surface area contributed by atoms with Crippen molar-refractivity contribution in [3.8, 4) is 0 Å². The number of aryl methyl sites for hydroxylation is 1. The zero-order chi connectivity index (χ0) is 14.9. The lowest BCUT2D eigenvalue weighted by Crippen LogP contribution is -2.37.